The van der Waals surface area contributed by atoms with Gasteiger partial charge in [-0.25, -0.2) is 0 Å². The summed E-state index contributed by atoms with van der Waals surface area (Å²) in [5, 5.41) is 0. The number of hydrogen-bond donors (Lipinski definition) is 0. The second-order valence-corrected chi connectivity index (χ2v) is 3.46. The van der Waals surface area contributed by atoms with Crippen LogP contribution in [0.2, 0.25) is 0 Å². The fourth-order valence-electron chi connectivity index (χ4n) is 1.14. The van der Waals surface area contributed by atoms with Crippen molar-refractivity contribution in [2.75, 3.05) is 0 Å². The molecule has 0 heterocycles. The molecule has 1 saturated carbocycles. The Morgan fingerprint density at radius 3 is 2.00 bits per heavy atom. The minimum Gasteiger partial charge on any atom is -0.490 e. The monoisotopic (exact) mass is 240 g/mol. The quantitative estimate of drug-likeness (QED) is 0.634. The summed E-state index contributed by atoms with van der Waals surface area (Å²) in [6.07, 6.45) is 2.23. The van der Waals surface area contributed by atoms with Crippen LogP contribution in [0.25, 0.3) is 0 Å². The first kappa shape index (κ1) is 13.6. The van der Waals surface area contributed by atoms with Gasteiger partial charge in [-0.1, -0.05) is 12.1 Å². The fourth-order valence-corrected chi connectivity index (χ4v) is 1.14. The van der Waals surface area contributed by atoms with E-state index in [0.717, 1.165) is 25.0 Å². The molecule has 0 radical (unpaired) electrons. The molecule has 1 aromatic rings. The van der Waals surface area contributed by atoms with E-state index in [1.54, 1.807) is 0 Å². The smallest absolute Gasteiger partial charge is 0.490 e. The van der Waals surface area contributed by atoms with Crippen LogP contribution in [0.1, 0.15) is 12.8 Å². The molecule has 76 valence electrons. The molecule has 0 aromatic heterocycles. The molecule has 1 fully saturated rings. The van der Waals surface area contributed by atoms with Gasteiger partial charge in [0.05, 0.1) is 6.10 Å². The molecule has 0 amide bonds. The minimum absolute atomic E-state index is 0. The van der Waals surface area contributed by atoms with E-state index in [9.17, 15) is 12.9 Å². The van der Waals surface area contributed by atoms with E-state index in [-0.39, 0.29) is 57.5 Å². The van der Waals surface area contributed by atoms with E-state index < -0.39 is 12.4 Å². The van der Waals surface area contributed by atoms with Crippen molar-refractivity contribution in [2.24, 2.45) is 0 Å². The van der Waals surface area contributed by atoms with E-state index >= 15 is 0 Å². The third kappa shape index (κ3) is 4.11. The second kappa shape index (κ2) is 5.23. The summed E-state index contributed by atoms with van der Waals surface area (Å²) >= 11 is 0. The third-order valence-electron chi connectivity index (χ3n) is 2.09. The van der Waals surface area contributed by atoms with Gasteiger partial charge in [0.25, 0.3) is 0 Å². The first-order valence-electron chi connectivity index (χ1n) is 4.52. The molecule has 0 saturated heterocycles. The fraction of sp³-hybridized carbons (Fsp3) is 0.333. The average Bonchev–Trinajstić information content (AvgIpc) is 2.88. The van der Waals surface area contributed by atoms with Crippen molar-refractivity contribution in [3.63, 3.8) is 0 Å². The number of benzene rings is 1. The van der Waals surface area contributed by atoms with E-state index in [0.29, 0.717) is 5.75 Å². The van der Waals surface area contributed by atoms with Crippen molar-refractivity contribution in [2.45, 2.75) is 18.9 Å². The van der Waals surface area contributed by atoms with Gasteiger partial charge in [0.1, 0.15) is 5.75 Å². The van der Waals surface area contributed by atoms with Crippen LogP contribution in [0.5, 0.6) is 5.75 Å². The van der Waals surface area contributed by atoms with Crippen LogP contribution in [0.4, 0.5) is 12.9 Å². The van der Waals surface area contributed by atoms with Crippen molar-refractivity contribution in [1.29, 1.82) is 0 Å². The van der Waals surface area contributed by atoms with Crippen LogP contribution in [-0.2, 0) is 0 Å². The topological polar surface area (TPSA) is 9.23 Å². The van der Waals surface area contributed by atoms with Crippen LogP contribution in [-0.4, -0.2) is 13.1 Å². The molecule has 15 heavy (non-hydrogen) atoms. The van der Waals surface area contributed by atoms with Crippen LogP contribution < -0.4 is 61.6 Å². The van der Waals surface area contributed by atoms with Crippen LogP contribution >= 0.6 is 0 Å². The standard InChI is InChI=1S/C9H9BF3O.K/c11-10(12,13)7-1-3-8(4-2-7)14-9-5-6-9;/h1-4,9H,5-6H2;/q-1;+1. The van der Waals surface area contributed by atoms with Crippen LogP contribution in [0.15, 0.2) is 24.3 Å². The molecule has 2 rings (SSSR count). The average molecular weight is 240 g/mol. The summed E-state index contributed by atoms with van der Waals surface area (Å²) in [7, 11) is 0. The Morgan fingerprint density at radius 2 is 1.60 bits per heavy atom. The summed E-state index contributed by atoms with van der Waals surface area (Å²) in [6.45, 7) is -4.88. The van der Waals surface area contributed by atoms with Gasteiger partial charge in [-0.3, -0.25) is 0 Å². The Bertz CT molecular complexity index is 321. The van der Waals surface area contributed by atoms with Crippen molar-refractivity contribution in [3.05, 3.63) is 24.3 Å². The summed E-state index contributed by atoms with van der Waals surface area (Å²) in [5.74, 6) is 0.524. The molecule has 1 aliphatic carbocycles. The molecule has 0 atom stereocenters. The summed E-state index contributed by atoms with van der Waals surface area (Å²) < 4.78 is 42.0. The van der Waals surface area contributed by atoms with Crippen LogP contribution in [0.3, 0.4) is 0 Å². The van der Waals surface area contributed by atoms with E-state index in [4.69, 9.17) is 4.74 Å². The van der Waals surface area contributed by atoms with Gasteiger partial charge in [0, 0.05) is 0 Å². The molecule has 0 bridgehead atoms. The third-order valence-corrected chi connectivity index (χ3v) is 2.09. The van der Waals surface area contributed by atoms with E-state index in [1.807, 2.05) is 0 Å². The molecule has 6 heteroatoms. The Labute approximate surface area is 129 Å². The molecule has 0 N–H and O–H groups in total. The van der Waals surface area contributed by atoms with Gasteiger partial charge in [-0.15, -0.1) is 5.46 Å². The maximum atomic E-state index is 12.2. The van der Waals surface area contributed by atoms with Crippen LogP contribution in [0, 0.1) is 0 Å². The van der Waals surface area contributed by atoms with E-state index in [2.05, 4.69) is 0 Å². The zero-order valence-corrected chi connectivity index (χ0v) is 11.5. The largest absolute Gasteiger partial charge is 1.00 e. The SMILES string of the molecule is F[B-](F)(F)c1ccc(OC2CC2)cc1.[K+]. The molecule has 1 nitrogen and oxygen atoms in total. The number of rotatable bonds is 3. The van der Waals surface area contributed by atoms with Gasteiger partial charge in [-0.2, -0.15) is 0 Å². The molecule has 1 aromatic carbocycles. The zero-order valence-electron chi connectivity index (χ0n) is 8.42. The van der Waals surface area contributed by atoms with Crippen molar-refractivity contribution >= 4 is 12.4 Å². The molecular formula is C9H9BF3KO. The molecular weight excluding hydrogens is 231 g/mol. The maximum absolute atomic E-state index is 12.2. The van der Waals surface area contributed by atoms with Crippen molar-refractivity contribution in [1.82, 2.24) is 0 Å². The number of halogens is 3. The summed E-state index contributed by atoms with van der Waals surface area (Å²) in [4.78, 5) is 0. The summed E-state index contributed by atoms with van der Waals surface area (Å²) in [5.41, 5.74) is -0.576. The zero-order chi connectivity index (χ0) is 10.2. The normalized spacial score (nSPS) is 15.7. The van der Waals surface area contributed by atoms with Gasteiger partial charge in [0.15, 0.2) is 0 Å². The maximum Gasteiger partial charge on any atom is 1.00 e. The van der Waals surface area contributed by atoms with Gasteiger partial charge >= 0.3 is 58.4 Å². The van der Waals surface area contributed by atoms with Gasteiger partial charge < -0.3 is 17.7 Å². The Balaban J connectivity index is 0.00000112. The van der Waals surface area contributed by atoms with Crippen molar-refractivity contribution in [3.8, 4) is 5.75 Å². The Morgan fingerprint density at radius 1 is 1.07 bits per heavy atom. The van der Waals surface area contributed by atoms with E-state index in [1.165, 1.54) is 12.1 Å². The Hall–Kier alpha value is 0.511. The first-order chi connectivity index (χ1) is 6.55. The van der Waals surface area contributed by atoms with Gasteiger partial charge in [-0.05, 0) is 25.0 Å². The Kier molecular flexibility index (Phi) is 4.73. The number of hydrogen-bond acceptors (Lipinski definition) is 1. The predicted octanol–water partition coefficient (Wildman–Crippen LogP) is -0.714. The first-order valence-corrected chi connectivity index (χ1v) is 4.52. The molecule has 1 aliphatic rings. The number of ether oxygens (including phenoxy) is 1. The summed E-state index contributed by atoms with van der Waals surface area (Å²) in [6, 6.07) is 4.89. The van der Waals surface area contributed by atoms with Crippen molar-refractivity contribution < 1.29 is 69.1 Å². The predicted molar refractivity (Wildman–Crippen MR) is 48.8 cm³/mol. The molecule has 0 spiro atoms. The molecule has 0 unspecified atom stereocenters. The molecule has 0 aliphatic heterocycles. The van der Waals surface area contributed by atoms with Gasteiger partial charge in [0.2, 0.25) is 0 Å². The second-order valence-electron chi connectivity index (χ2n) is 3.46. The minimum atomic E-state index is -4.88.